The number of hydrogen-bond donors (Lipinski definition) is 2. The summed E-state index contributed by atoms with van der Waals surface area (Å²) in [5.74, 6) is -1.10. The number of aromatic nitrogens is 3. The van der Waals surface area contributed by atoms with Crippen LogP contribution in [0.4, 0.5) is 14.3 Å². The maximum absolute atomic E-state index is 14.6. The Morgan fingerprint density at radius 1 is 1.29 bits per heavy atom. The number of amides is 1. The molecule has 0 radical (unpaired) electrons. The quantitative estimate of drug-likeness (QED) is 0.689. The monoisotopic (exact) mass is 365 g/mol. The Kier molecular flexibility index (Phi) is 4.28. The first-order valence-corrected chi connectivity index (χ1v) is 7.66. The molecule has 24 heavy (non-hydrogen) atoms. The molecule has 0 unspecified atom stereocenters. The van der Waals surface area contributed by atoms with Gasteiger partial charge in [-0.25, -0.2) is 24.1 Å². The number of nitrogens with two attached hydrogens (primary N) is 2. The minimum atomic E-state index is -1.12. The SMILES string of the molecule is NC(=O)Oc1cccc(-c2nc(N)sc2-c2ccnc(Cl)n2)c1F. The normalized spacial score (nSPS) is 10.6. The minimum Gasteiger partial charge on any atom is -0.407 e. The van der Waals surface area contributed by atoms with E-state index in [1.807, 2.05) is 0 Å². The second-order valence-corrected chi connectivity index (χ2v) is 5.85. The third-order valence-corrected chi connectivity index (χ3v) is 4.02. The van der Waals surface area contributed by atoms with Crippen LogP contribution in [-0.4, -0.2) is 21.0 Å². The van der Waals surface area contributed by atoms with Gasteiger partial charge < -0.3 is 16.2 Å². The summed E-state index contributed by atoms with van der Waals surface area (Å²) in [5, 5.41) is 0.257. The van der Waals surface area contributed by atoms with Crippen molar-refractivity contribution < 1.29 is 13.9 Å². The summed E-state index contributed by atoms with van der Waals surface area (Å²) in [5.41, 5.74) is 11.5. The van der Waals surface area contributed by atoms with Gasteiger partial charge in [-0.15, -0.1) is 0 Å². The molecule has 0 bridgehead atoms. The molecule has 10 heteroatoms. The molecule has 0 aliphatic rings. The fraction of sp³-hybridized carbons (Fsp3) is 0. The molecule has 4 N–H and O–H groups in total. The van der Waals surface area contributed by atoms with E-state index in [4.69, 9.17) is 23.1 Å². The van der Waals surface area contributed by atoms with Crippen LogP contribution in [0.2, 0.25) is 5.28 Å². The zero-order valence-electron chi connectivity index (χ0n) is 11.9. The third kappa shape index (κ3) is 3.12. The first-order chi connectivity index (χ1) is 11.5. The fourth-order valence-corrected chi connectivity index (χ4v) is 3.00. The Morgan fingerprint density at radius 2 is 2.08 bits per heavy atom. The molecular weight excluding hydrogens is 357 g/mol. The minimum absolute atomic E-state index is 0.0386. The molecule has 0 saturated carbocycles. The van der Waals surface area contributed by atoms with Gasteiger partial charge in [0.15, 0.2) is 16.7 Å². The van der Waals surface area contributed by atoms with E-state index in [0.29, 0.717) is 10.6 Å². The van der Waals surface area contributed by atoms with Crippen LogP contribution in [0.15, 0.2) is 30.5 Å². The summed E-state index contributed by atoms with van der Waals surface area (Å²) < 4.78 is 19.3. The van der Waals surface area contributed by atoms with Crippen LogP contribution in [0.25, 0.3) is 21.8 Å². The summed E-state index contributed by atoms with van der Waals surface area (Å²) in [6.45, 7) is 0. The molecule has 0 atom stereocenters. The largest absolute Gasteiger partial charge is 0.410 e. The van der Waals surface area contributed by atoms with Gasteiger partial charge >= 0.3 is 6.09 Å². The van der Waals surface area contributed by atoms with Crippen LogP contribution in [0.5, 0.6) is 5.75 Å². The topological polar surface area (TPSA) is 117 Å². The summed E-state index contributed by atoms with van der Waals surface area (Å²) >= 11 is 6.92. The predicted molar refractivity (Wildman–Crippen MR) is 88.2 cm³/mol. The highest BCUT2D eigenvalue weighted by Crippen LogP contribution is 2.39. The third-order valence-electron chi connectivity index (χ3n) is 2.93. The highest BCUT2D eigenvalue weighted by molar-refractivity contribution is 7.19. The molecule has 0 aliphatic carbocycles. The fourth-order valence-electron chi connectivity index (χ4n) is 2.04. The number of benzene rings is 1. The lowest BCUT2D eigenvalue weighted by Crippen LogP contribution is -2.17. The van der Waals surface area contributed by atoms with Crippen molar-refractivity contribution in [3.8, 4) is 27.6 Å². The molecule has 0 saturated heterocycles. The van der Waals surface area contributed by atoms with Crippen LogP contribution in [-0.2, 0) is 0 Å². The Bertz CT molecular complexity index is 933. The number of carbonyl (C=O) groups is 1. The van der Waals surface area contributed by atoms with Gasteiger partial charge in [0, 0.05) is 11.8 Å². The Morgan fingerprint density at radius 3 is 2.79 bits per heavy atom. The van der Waals surface area contributed by atoms with Crippen molar-refractivity contribution in [1.82, 2.24) is 15.0 Å². The van der Waals surface area contributed by atoms with Crippen molar-refractivity contribution in [2.45, 2.75) is 0 Å². The summed E-state index contributed by atoms with van der Waals surface area (Å²) in [4.78, 5) is 23.4. The zero-order chi connectivity index (χ0) is 17.3. The van der Waals surface area contributed by atoms with Gasteiger partial charge in [0.05, 0.1) is 16.3 Å². The van der Waals surface area contributed by atoms with Gasteiger partial charge in [-0.1, -0.05) is 17.4 Å². The first kappa shape index (κ1) is 16.1. The van der Waals surface area contributed by atoms with Crippen LogP contribution >= 0.6 is 22.9 Å². The van der Waals surface area contributed by atoms with Crippen molar-refractivity contribution in [3.05, 3.63) is 41.6 Å². The van der Waals surface area contributed by atoms with Gasteiger partial charge in [0.25, 0.3) is 0 Å². The lowest BCUT2D eigenvalue weighted by atomic mass is 10.1. The van der Waals surface area contributed by atoms with E-state index >= 15 is 0 Å². The average molecular weight is 366 g/mol. The first-order valence-electron chi connectivity index (χ1n) is 6.47. The molecule has 0 spiro atoms. The average Bonchev–Trinajstić information content (AvgIpc) is 2.91. The lowest BCUT2D eigenvalue weighted by Gasteiger charge is -2.07. The molecule has 1 aromatic carbocycles. The second kappa shape index (κ2) is 6.38. The molecule has 3 aromatic rings. The standard InChI is InChI=1S/C14H9ClFN5O2S/c15-12-19-5-4-7(20-12)11-10(21-13(17)24-11)6-2-1-3-8(9(6)16)23-14(18)22/h1-5H,(H2,17,21)(H2,18,22). The number of nitrogens with zero attached hydrogens (tertiary/aromatic N) is 3. The Balaban J connectivity index is 2.16. The molecule has 2 aromatic heterocycles. The maximum atomic E-state index is 14.6. The van der Waals surface area contributed by atoms with E-state index in [0.717, 1.165) is 11.3 Å². The molecule has 0 aliphatic heterocycles. The van der Waals surface area contributed by atoms with Crippen LogP contribution in [0.1, 0.15) is 0 Å². The van der Waals surface area contributed by atoms with Gasteiger partial charge in [-0.3, -0.25) is 0 Å². The molecule has 1 amide bonds. The smallest absolute Gasteiger partial charge is 0.407 e. The van der Waals surface area contributed by atoms with Crippen molar-refractivity contribution in [2.75, 3.05) is 5.73 Å². The van der Waals surface area contributed by atoms with Gasteiger partial charge in [0.1, 0.15) is 0 Å². The highest BCUT2D eigenvalue weighted by Gasteiger charge is 2.21. The molecule has 122 valence electrons. The van der Waals surface area contributed by atoms with E-state index < -0.39 is 11.9 Å². The number of carbonyl (C=O) groups excluding carboxylic acids is 1. The Hall–Kier alpha value is -2.78. The number of halogens is 2. The molecule has 0 fully saturated rings. The van der Waals surface area contributed by atoms with Gasteiger partial charge in [-0.05, 0) is 29.8 Å². The van der Waals surface area contributed by atoms with Crippen LogP contribution in [0.3, 0.4) is 0 Å². The molecule has 7 nitrogen and oxygen atoms in total. The van der Waals surface area contributed by atoms with E-state index in [1.165, 1.54) is 24.4 Å². The van der Waals surface area contributed by atoms with E-state index in [-0.39, 0.29) is 27.4 Å². The summed E-state index contributed by atoms with van der Waals surface area (Å²) in [6.07, 6.45) is 0.347. The van der Waals surface area contributed by atoms with Crippen LogP contribution < -0.4 is 16.2 Å². The van der Waals surface area contributed by atoms with Crippen LogP contribution in [0, 0.1) is 5.82 Å². The van der Waals surface area contributed by atoms with E-state index in [2.05, 4.69) is 19.7 Å². The Labute approximate surface area is 144 Å². The number of thiazole rings is 1. The number of rotatable bonds is 3. The van der Waals surface area contributed by atoms with Gasteiger partial charge in [0.2, 0.25) is 5.28 Å². The summed E-state index contributed by atoms with van der Waals surface area (Å²) in [7, 11) is 0. The zero-order valence-corrected chi connectivity index (χ0v) is 13.4. The number of anilines is 1. The molecular formula is C14H9ClFN5O2S. The highest BCUT2D eigenvalue weighted by atomic mass is 35.5. The summed E-state index contributed by atoms with van der Waals surface area (Å²) in [6, 6.07) is 5.86. The van der Waals surface area contributed by atoms with Crippen molar-refractivity contribution in [1.29, 1.82) is 0 Å². The second-order valence-electron chi connectivity index (χ2n) is 4.48. The number of ether oxygens (including phenoxy) is 1. The predicted octanol–water partition coefficient (Wildman–Crippen LogP) is 3.10. The van der Waals surface area contributed by atoms with E-state index in [1.54, 1.807) is 6.07 Å². The maximum Gasteiger partial charge on any atom is 0.410 e. The van der Waals surface area contributed by atoms with Gasteiger partial charge in [-0.2, -0.15) is 0 Å². The molecule has 2 heterocycles. The lowest BCUT2D eigenvalue weighted by molar-refractivity contribution is 0.209. The molecule has 3 rings (SSSR count). The van der Waals surface area contributed by atoms with Crippen molar-refractivity contribution in [2.24, 2.45) is 5.73 Å². The van der Waals surface area contributed by atoms with E-state index in [9.17, 15) is 9.18 Å². The number of nitrogen functional groups attached to an aromatic ring is 1. The van der Waals surface area contributed by atoms with Crippen molar-refractivity contribution >= 4 is 34.2 Å². The number of primary amides is 1. The van der Waals surface area contributed by atoms with Crippen molar-refractivity contribution in [3.63, 3.8) is 0 Å². The number of hydrogen-bond acceptors (Lipinski definition) is 7.